The average Bonchev–Trinajstić information content (AvgIpc) is 2.26. The fourth-order valence-electron chi connectivity index (χ4n) is 1.20. The predicted octanol–water partition coefficient (Wildman–Crippen LogP) is 3.10. The first-order valence-corrected chi connectivity index (χ1v) is 5.48. The van der Waals surface area contributed by atoms with Gasteiger partial charge in [0.25, 0.3) is 0 Å². The Morgan fingerprint density at radius 3 is 2.69 bits per heavy atom. The minimum atomic E-state index is -0.147. The summed E-state index contributed by atoms with van der Waals surface area (Å²) in [7, 11) is 0. The van der Waals surface area contributed by atoms with Crippen LogP contribution in [0.2, 0.25) is 10.0 Å². The molecular formula is C11H12Cl2O3. The quantitative estimate of drug-likeness (QED) is 0.877. The number of aliphatic hydroxyl groups is 1. The van der Waals surface area contributed by atoms with Crippen LogP contribution in [0.1, 0.15) is 12.5 Å². The summed E-state index contributed by atoms with van der Waals surface area (Å²) < 4.78 is 5.20. The molecule has 5 heteroatoms. The molecule has 0 spiro atoms. The summed E-state index contributed by atoms with van der Waals surface area (Å²) in [4.78, 5) is 0. The van der Waals surface area contributed by atoms with E-state index in [0.29, 0.717) is 17.2 Å². The molecule has 16 heavy (non-hydrogen) atoms. The molecule has 0 aromatic heterocycles. The van der Waals surface area contributed by atoms with E-state index in [1.165, 1.54) is 18.2 Å². The van der Waals surface area contributed by atoms with Gasteiger partial charge in [0, 0.05) is 11.6 Å². The normalized spacial score (nSPS) is 11.0. The van der Waals surface area contributed by atoms with Crippen LogP contribution >= 0.6 is 23.2 Å². The maximum atomic E-state index is 9.85. The van der Waals surface area contributed by atoms with Gasteiger partial charge >= 0.3 is 0 Å². The molecule has 2 N–H and O–H groups in total. The zero-order valence-corrected chi connectivity index (χ0v) is 10.2. The van der Waals surface area contributed by atoms with Crippen LogP contribution < -0.4 is 4.74 Å². The van der Waals surface area contributed by atoms with E-state index >= 15 is 0 Å². The smallest absolute Gasteiger partial charge is 0.166 e. The van der Waals surface area contributed by atoms with Crippen LogP contribution in [0.15, 0.2) is 12.1 Å². The molecule has 0 fully saturated rings. The van der Waals surface area contributed by atoms with Crippen LogP contribution in [0, 0.1) is 0 Å². The summed E-state index contributed by atoms with van der Waals surface area (Å²) >= 11 is 11.8. The van der Waals surface area contributed by atoms with Gasteiger partial charge in [0.2, 0.25) is 0 Å². The number of ether oxygens (including phenoxy) is 1. The van der Waals surface area contributed by atoms with Gasteiger partial charge in [0.1, 0.15) is 0 Å². The first-order chi connectivity index (χ1) is 7.61. The Balaban J connectivity index is 3.27. The lowest BCUT2D eigenvalue weighted by Gasteiger charge is -2.11. The number of hydrogen-bond acceptors (Lipinski definition) is 3. The molecule has 88 valence electrons. The minimum Gasteiger partial charge on any atom is -0.504 e. The SMILES string of the molecule is CCOc1cc(Cl)c(Cl)c(/C=C/CO)c1O. The van der Waals surface area contributed by atoms with Crippen LogP contribution in [0.5, 0.6) is 11.5 Å². The van der Waals surface area contributed by atoms with Crippen molar-refractivity contribution < 1.29 is 14.9 Å². The number of aromatic hydroxyl groups is 1. The monoisotopic (exact) mass is 262 g/mol. The zero-order valence-electron chi connectivity index (χ0n) is 8.70. The van der Waals surface area contributed by atoms with E-state index < -0.39 is 0 Å². The van der Waals surface area contributed by atoms with Crippen LogP contribution in [0.3, 0.4) is 0 Å². The van der Waals surface area contributed by atoms with Crippen molar-refractivity contribution in [2.45, 2.75) is 6.92 Å². The van der Waals surface area contributed by atoms with E-state index in [2.05, 4.69) is 0 Å². The van der Waals surface area contributed by atoms with E-state index in [-0.39, 0.29) is 23.1 Å². The highest BCUT2D eigenvalue weighted by Crippen LogP contribution is 2.40. The number of benzene rings is 1. The summed E-state index contributed by atoms with van der Waals surface area (Å²) in [6.07, 6.45) is 2.94. The second kappa shape index (κ2) is 5.99. The number of phenolic OH excluding ortho intramolecular Hbond substituents is 1. The summed E-state index contributed by atoms with van der Waals surface area (Å²) in [5, 5.41) is 19.0. The first kappa shape index (κ1) is 13.2. The van der Waals surface area contributed by atoms with Crippen LogP contribution in [0.25, 0.3) is 6.08 Å². The Morgan fingerprint density at radius 2 is 2.12 bits per heavy atom. The topological polar surface area (TPSA) is 49.7 Å². The van der Waals surface area contributed by atoms with Gasteiger partial charge in [-0.2, -0.15) is 0 Å². The maximum absolute atomic E-state index is 9.85. The molecule has 1 rings (SSSR count). The molecule has 0 unspecified atom stereocenters. The molecule has 0 atom stereocenters. The van der Waals surface area contributed by atoms with Crippen molar-refractivity contribution in [3.8, 4) is 11.5 Å². The second-order valence-electron chi connectivity index (χ2n) is 2.95. The number of aliphatic hydroxyl groups excluding tert-OH is 1. The molecule has 0 heterocycles. The summed E-state index contributed by atoms with van der Waals surface area (Å²) in [5.41, 5.74) is 0.340. The molecule has 1 aromatic carbocycles. The number of rotatable bonds is 4. The Bertz CT molecular complexity index is 403. The Kier molecular flexibility index (Phi) is 4.93. The van der Waals surface area contributed by atoms with Gasteiger partial charge in [-0.05, 0) is 6.92 Å². The number of phenols is 1. The van der Waals surface area contributed by atoms with E-state index in [4.69, 9.17) is 33.0 Å². The summed E-state index contributed by atoms with van der Waals surface area (Å²) in [5.74, 6) is 0.190. The van der Waals surface area contributed by atoms with Gasteiger partial charge in [-0.15, -0.1) is 0 Å². The van der Waals surface area contributed by atoms with Crippen molar-refractivity contribution >= 4 is 29.3 Å². The zero-order chi connectivity index (χ0) is 12.1. The lowest BCUT2D eigenvalue weighted by Crippen LogP contribution is -1.94. The van der Waals surface area contributed by atoms with Crippen molar-refractivity contribution in [2.24, 2.45) is 0 Å². The Morgan fingerprint density at radius 1 is 1.44 bits per heavy atom. The van der Waals surface area contributed by atoms with E-state index in [9.17, 15) is 5.11 Å². The van der Waals surface area contributed by atoms with Gasteiger partial charge in [0.05, 0.1) is 23.3 Å². The molecule has 0 amide bonds. The average molecular weight is 263 g/mol. The van der Waals surface area contributed by atoms with Crippen LogP contribution in [-0.2, 0) is 0 Å². The molecule has 3 nitrogen and oxygen atoms in total. The van der Waals surface area contributed by atoms with Crippen LogP contribution in [-0.4, -0.2) is 23.4 Å². The lowest BCUT2D eigenvalue weighted by atomic mass is 10.1. The highest BCUT2D eigenvalue weighted by molar-refractivity contribution is 6.43. The van der Waals surface area contributed by atoms with Crippen LogP contribution in [0.4, 0.5) is 0 Å². The van der Waals surface area contributed by atoms with Crippen molar-refractivity contribution in [3.05, 3.63) is 27.8 Å². The summed E-state index contributed by atoms with van der Waals surface area (Å²) in [6.45, 7) is 2.06. The van der Waals surface area contributed by atoms with Gasteiger partial charge in [-0.3, -0.25) is 0 Å². The van der Waals surface area contributed by atoms with E-state index in [1.54, 1.807) is 6.92 Å². The third kappa shape index (κ3) is 2.82. The maximum Gasteiger partial charge on any atom is 0.166 e. The van der Waals surface area contributed by atoms with Gasteiger partial charge in [-0.1, -0.05) is 35.4 Å². The Hall–Kier alpha value is -0.900. The number of halogens is 2. The highest BCUT2D eigenvalue weighted by atomic mass is 35.5. The molecule has 0 radical (unpaired) electrons. The van der Waals surface area contributed by atoms with Crippen molar-refractivity contribution in [3.63, 3.8) is 0 Å². The van der Waals surface area contributed by atoms with Crippen molar-refractivity contribution in [1.82, 2.24) is 0 Å². The second-order valence-corrected chi connectivity index (χ2v) is 3.74. The third-order valence-electron chi connectivity index (χ3n) is 1.88. The van der Waals surface area contributed by atoms with E-state index in [1.807, 2.05) is 0 Å². The van der Waals surface area contributed by atoms with Gasteiger partial charge < -0.3 is 14.9 Å². The van der Waals surface area contributed by atoms with Gasteiger partial charge in [-0.25, -0.2) is 0 Å². The lowest BCUT2D eigenvalue weighted by molar-refractivity contribution is 0.318. The molecule has 0 bridgehead atoms. The standard InChI is InChI=1S/C11H12Cl2O3/c1-2-16-9-6-8(12)10(13)7(11(9)15)4-3-5-14/h3-4,6,14-15H,2,5H2,1H3/b4-3+. The van der Waals surface area contributed by atoms with Crippen molar-refractivity contribution in [2.75, 3.05) is 13.2 Å². The molecule has 0 aliphatic rings. The Labute approximate surface area is 104 Å². The van der Waals surface area contributed by atoms with Crippen molar-refractivity contribution in [1.29, 1.82) is 0 Å². The minimum absolute atomic E-state index is 0.0825. The molecular weight excluding hydrogens is 251 g/mol. The molecule has 0 saturated heterocycles. The van der Waals surface area contributed by atoms with E-state index in [0.717, 1.165) is 0 Å². The largest absolute Gasteiger partial charge is 0.504 e. The molecule has 0 aliphatic carbocycles. The number of hydrogen-bond donors (Lipinski definition) is 2. The molecule has 0 aliphatic heterocycles. The fraction of sp³-hybridized carbons (Fsp3) is 0.273. The molecule has 1 aromatic rings. The first-order valence-electron chi connectivity index (χ1n) is 4.73. The highest BCUT2D eigenvalue weighted by Gasteiger charge is 2.14. The molecule has 0 saturated carbocycles. The third-order valence-corrected chi connectivity index (χ3v) is 2.68. The fourth-order valence-corrected chi connectivity index (χ4v) is 1.61. The predicted molar refractivity (Wildman–Crippen MR) is 65.4 cm³/mol. The van der Waals surface area contributed by atoms with Gasteiger partial charge in [0.15, 0.2) is 11.5 Å². The summed E-state index contributed by atoms with van der Waals surface area (Å²) in [6, 6.07) is 1.46.